The van der Waals surface area contributed by atoms with Crippen LogP contribution in [0.25, 0.3) is 0 Å². The molecule has 0 aliphatic heterocycles. The number of thiol groups is 2. The van der Waals surface area contributed by atoms with Gasteiger partial charge in [-0.1, -0.05) is 65.2 Å². The quantitative estimate of drug-likeness (QED) is 0.253. The van der Waals surface area contributed by atoms with Gasteiger partial charge in [-0.2, -0.15) is 0 Å². The third-order valence-electron chi connectivity index (χ3n) is 5.19. The molecule has 0 aliphatic carbocycles. The molecule has 32 heavy (non-hydrogen) atoms. The smallest absolute Gasteiger partial charge is 0.0290 e. The highest BCUT2D eigenvalue weighted by Crippen LogP contribution is 2.33. The van der Waals surface area contributed by atoms with Crippen LogP contribution in [0.4, 0.5) is 0 Å². The van der Waals surface area contributed by atoms with Crippen LogP contribution in [0.1, 0.15) is 74.9 Å². The van der Waals surface area contributed by atoms with Crippen LogP contribution in [0.3, 0.4) is 0 Å². The second-order valence-corrected chi connectivity index (χ2v) is 11.1. The SMILES string of the molecule is CC(C)(C)c1cc(C#Cc2ccc(S)cc2)c(C(C)(C)C)cc1C#Cc1ccc(S)cc1. The van der Waals surface area contributed by atoms with E-state index in [-0.39, 0.29) is 10.8 Å². The maximum atomic E-state index is 4.37. The largest absolute Gasteiger partial charge is 0.143 e. The number of benzene rings is 3. The van der Waals surface area contributed by atoms with Crippen LogP contribution in [0.2, 0.25) is 0 Å². The molecule has 3 aromatic carbocycles. The lowest BCUT2D eigenvalue weighted by Crippen LogP contribution is -2.18. The van der Waals surface area contributed by atoms with Crippen molar-refractivity contribution < 1.29 is 0 Å². The zero-order valence-electron chi connectivity index (χ0n) is 19.7. The van der Waals surface area contributed by atoms with Crippen molar-refractivity contribution in [3.63, 3.8) is 0 Å². The molecule has 0 amide bonds. The minimum atomic E-state index is -0.0561. The van der Waals surface area contributed by atoms with Crippen molar-refractivity contribution in [2.75, 3.05) is 0 Å². The Bertz CT molecular complexity index is 1120. The van der Waals surface area contributed by atoms with E-state index in [9.17, 15) is 0 Å². The first-order chi connectivity index (χ1) is 14.9. The van der Waals surface area contributed by atoms with Gasteiger partial charge in [0.2, 0.25) is 0 Å². The molecule has 0 aliphatic rings. The summed E-state index contributed by atoms with van der Waals surface area (Å²) in [5.74, 6) is 13.6. The number of hydrogen-bond donors (Lipinski definition) is 2. The summed E-state index contributed by atoms with van der Waals surface area (Å²) in [6, 6.07) is 20.4. The summed E-state index contributed by atoms with van der Waals surface area (Å²) in [4.78, 5) is 1.88. The van der Waals surface area contributed by atoms with Crippen molar-refractivity contribution in [2.24, 2.45) is 0 Å². The van der Waals surface area contributed by atoms with Crippen LogP contribution in [0.15, 0.2) is 70.5 Å². The molecule has 0 bridgehead atoms. The molecule has 0 atom stereocenters. The van der Waals surface area contributed by atoms with E-state index in [1.165, 1.54) is 11.1 Å². The molecular formula is C30H30S2. The van der Waals surface area contributed by atoms with E-state index in [0.29, 0.717) is 0 Å². The molecule has 0 fully saturated rings. The molecule has 0 nitrogen and oxygen atoms in total. The molecule has 0 saturated carbocycles. The van der Waals surface area contributed by atoms with Gasteiger partial charge in [-0.3, -0.25) is 0 Å². The molecule has 0 spiro atoms. The van der Waals surface area contributed by atoms with Crippen molar-refractivity contribution in [1.29, 1.82) is 0 Å². The predicted octanol–water partition coefficient (Wildman–Crippen LogP) is 7.66. The molecule has 0 radical (unpaired) electrons. The van der Waals surface area contributed by atoms with Gasteiger partial charge in [-0.25, -0.2) is 0 Å². The molecule has 0 heterocycles. The van der Waals surface area contributed by atoms with Gasteiger partial charge in [0, 0.05) is 32.0 Å². The summed E-state index contributed by atoms with van der Waals surface area (Å²) < 4.78 is 0. The Morgan fingerprint density at radius 2 is 0.812 bits per heavy atom. The first-order valence-electron chi connectivity index (χ1n) is 10.7. The molecule has 0 saturated heterocycles. The van der Waals surface area contributed by atoms with E-state index < -0.39 is 0 Å². The highest BCUT2D eigenvalue weighted by molar-refractivity contribution is 7.80. The van der Waals surface area contributed by atoms with Gasteiger partial charge in [0.05, 0.1) is 0 Å². The number of rotatable bonds is 0. The minimum absolute atomic E-state index is 0.0561. The lowest BCUT2D eigenvalue weighted by atomic mass is 9.77. The van der Waals surface area contributed by atoms with Gasteiger partial charge in [-0.05, 0) is 82.6 Å². The Hall–Kier alpha value is -2.52. The van der Waals surface area contributed by atoms with E-state index in [2.05, 4.69) is 103 Å². The van der Waals surface area contributed by atoms with Crippen LogP contribution in [-0.2, 0) is 10.8 Å². The Labute approximate surface area is 204 Å². The van der Waals surface area contributed by atoms with Gasteiger partial charge in [0.15, 0.2) is 0 Å². The summed E-state index contributed by atoms with van der Waals surface area (Å²) >= 11 is 8.73. The lowest BCUT2D eigenvalue weighted by molar-refractivity contribution is 0.574. The van der Waals surface area contributed by atoms with E-state index in [1.807, 2.05) is 48.5 Å². The summed E-state index contributed by atoms with van der Waals surface area (Å²) in [5, 5.41) is 0. The second kappa shape index (κ2) is 9.54. The van der Waals surface area contributed by atoms with Crippen molar-refractivity contribution in [3.8, 4) is 23.7 Å². The summed E-state index contributed by atoms with van der Waals surface area (Å²) in [7, 11) is 0. The van der Waals surface area contributed by atoms with Gasteiger partial charge < -0.3 is 0 Å². The van der Waals surface area contributed by atoms with Crippen LogP contribution >= 0.6 is 25.3 Å². The normalized spacial score (nSPS) is 11.2. The molecule has 0 aromatic heterocycles. The van der Waals surface area contributed by atoms with Gasteiger partial charge in [-0.15, -0.1) is 25.3 Å². The van der Waals surface area contributed by atoms with Crippen molar-refractivity contribution in [3.05, 3.63) is 94.0 Å². The van der Waals surface area contributed by atoms with Gasteiger partial charge >= 0.3 is 0 Å². The van der Waals surface area contributed by atoms with Crippen molar-refractivity contribution in [1.82, 2.24) is 0 Å². The summed E-state index contributed by atoms with van der Waals surface area (Å²) in [6.45, 7) is 13.3. The van der Waals surface area contributed by atoms with Crippen molar-refractivity contribution >= 4 is 25.3 Å². The third-order valence-corrected chi connectivity index (χ3v) is 5.79. The highest BCUT2D eigenvalue weighted by Gasteiger charge is 2.24. The fourth-order valence-electron chi connectivity index (χ4n) is 3.42. The van der Waals surface area contributed by atoms with Crippen molar-refractivity contribution in [2.45, 2.75) is 62.2 Å². The Kier molecular flexibility index (Phi) is 7.19. The number of hydrogen-bond acceptors (Lipinski definition) is 2. The molecule has 3 aromatic rings. The maximum Gasteiger partial charge on any atom is 0.0290 e. The molecular weight excluding hydrogens is 424 g/mol. The first kappa shape index (κ1) is 24.1. The van der Waals surface area contributed by atoms with Crippen LogP contribution in [0.5, 0.6) is 0 Å². The van der Waals surface area contributed by atoms with E-state index >= 15 is 0 Å². The Morgan fingerprint density at radius 3 is 1.09 bits per heavy atom. The average Bonchev–Trinajstić information content (AvgIpc) is 2.71. The fraction of sp³-hybridized carbons (Fsp3) is 0.267. The fourth-order valence-corrected chi connectivity index (χ4v) is 3.71. The van der Waals surface area contributed by atoms with E-state index in [0.717, 1.165) is 32.0 Å². The monoisotopic (exact) mass is 454 g/mol. The Balaban J connectivity index is 2.17. The van der Waals surface area contributed by atoms with Crippen LogP contribution in [-0.4, -0.2) is 0 Å². The third kappa shape index (κ3) is 6.26. The minimum Gasteiger partial charge on any atom is -0.143 e. The topological polar surface area (TPSA) is 0 Å². The molecule has 162 valence electrons. The van der Waals surface area contributed by atoms with Gasteiger partial charge in [0.1, 0.15) is 0 Å². The molecule has 0 N–H and O–H groups in total. The average molecular weight is 455 g/mol. The van der Waals surface area contributed by atoms with E-state index in [4.69, 9.17) is 0 Å². The first-order valence-corrected chi connectivity index (χ1v) is 11.6. The van der Waals surface area contributed by atoms with Gasteiger partial charge in [0.25, 0.3) is 0 Å². The lowest BCUT2D eigenvalue weighted by Gasteiger charge is -2.27. The zero-order chi connectivity index (χ0) is 23.5. The zero-order valence-corrected chi connectivity index (χ0v) is 21.5. The second-order valence-electron chi connectivity index (χ2n) is 10.0. The maximum absolute atomic E-state index is 4.37. The molecule has 3 rings (SSSR count). The van der Waals surface area contributed by atoms with Crippen LogP contribution in [0, 0.1) is 23.7 Å². The predicted molar refractivity (Wildman–Crippen MR) is 143 cm³/mol. The standard InChI is InChI=1S/C30H30S2/c1-29(2,3)27-19-24(14-8-22-11-17-26(32)18-12-22)28(30(4,5)6)20-23(27)13-7-21-9-15-25(31)16-10-21/h9-12,15-20,31-32H,1-6H3. The highest BCUT2D eigenvalue weighted by atomic mass is 32.1. The van der Waals surface area contributed by atoms with Crippen LogP contribution < -0.4 is 0 Å². The molecule has 0 unspecified atom stereocenters. The molecule has 2 heteroatoms. The summed E-state index contributed by atoms with van der Waals surface area (Å²) in [6.07, 6.45) is 0. The Morgan fingerprint density at radius 1 is 0.500 bits per heavy atom. The summed E-state index contributed by atoms with van der Waals surface area (Å²) in [5.41, 5.74) is 6.38. The van der Waals surface area contributed by atoms with E-state index in [1.54, 1.807) is 0 Å².